The van der Waals surface area contributed by atoms with Gasteiger partial charge in [-0.15, -0.1) is 11.3 Å². The van der Waals surface area contributed by atoms with E-state index >= 15 is 0 Å². The van der Waals surface area contributed by atoms with Crippen LogP contribution in [0.25, 0.3) is 11.4 Å². The number of thiazole rings is 1. The molecule has 1 atom stereocenters. The number of methoxy groups -OCH3 is 1. The van der Waals surface area contributed by atoms with E-state index in [0.29, 0.717) is 34.6 Å². The molecule has 2 aromatic heterocycles. The number of pyridine rings is 1. The molecule has 3 aromatic rings. The Morgan fingerprint density at radius 1 is 1.27 bits per heavy atom. The zero-order valence-electron chi connectivity index (χ0n) is 18.0. The van der Waals surface area contributed by atoms with Crippen LogP contribution in [-0.4, -0.2) is 42.0 Å². The van der Waals surface area contributed by atoms with Gasteiger partial charge in [0.25, 0.3) is 5.91 Å². The Kier molecular flexibility index (Phi) is 6.35. The number of rotatable bonds is 6. The third-order valence-electron chi connectivity index (χ3n) is 5.22. The zero-order valence-corrected chi connectivity index (χ0v) is 18.9. The fourth-order valence-electron chi connectivity index (χ4n) is 3.44. The molecule has 33 heavy (non-hydrogen) atoms. The summed E-state index contributed by atoms with van der Waals surface area (Å²) in [5.74, 6) is -0.338. The standard InChI is InChI=1S/C23H21N5O4S/c1-23(12-24)13-32-10-15-7-6-14(8-16(15)23)21(30)25-9-19(29)28-22-27-18(11-33-22)17-4-3-5-20(26-17)31-2/h3-8,11H,9-10,13H2,1-2H3,(H,25,30)(H,27,28,29)/t23-/m1/s1. The minimum atomic E-state index is -0.818. The van der Waals surface area contributed by atoms with E-state index in [1.54, 1.807) is 48.7 Å². The lowest BCUT2D eigenvalue weighted by atomic mass is 9.79. The molecule has 0 aliphatic carbocycles. The molecule has 2 amide bonds. The fraction of sp³-hybridized carbons (Fsp3) is 0.261. The number of benzene rings is 1. The van der Waals surface area contributed by atoms with E-state index in [1.165, 1.54) is 18.4 Å². The van der Waals surface area contributed by atoms with Crippen molar-refractivity contribution in [2.24, 2.45) is 0 Å². The maximum Gasteiger partial charge on any atom is 0.251 e. The number of nitrogens with one attached hydrogen (secondary N) is 2. The van der Waals surface area contributed by atoms with Crippen molar-refractivity contribution < 1.29 is 19.1 Å². The summed E-state index contributed by atoms with van der Waals surface area (Å²) >= 11 is 1.26. The molecule has 10 heteroatoms. The summed E-state index contributed by atoms with van der Waals surface area (Å²) in [4.78, 5) is 33.6. The van der Waals surface area contributed by atoms with Crippen LogP contribution in [0.5, 0.6) is 5.88 Å². The van der Waals surface area contributed by atoms with Gasteiger partial charge in [0.15, 0.2) is 5.13 Å². The van der Waals surface area contributed by atoms with E-state index in [2.05, 4.69) is 26.7 Å². The summed E-state index contributed by atoms with van der Waals surface area (Å²) in [5, 5.41) is 17.0. The average molecular weight is 464 g/mol. The Morgan fingerprint density at radius 2 is 2.12 bits per heavy atom. The lowest BCUT2D eigenvalue weighted by molar-refractivity contribution is -0.115. The molecule has 0 radical (unpaired) electrons. The van der Waals surface area contributed by atoms with Crippen LogP contribution in [0.15, 0.2) is 41.8 Å². The number of amides is 2. The number of hydrogen-bond acceptors (Lipinski definition) is 8. The van der Waals surface area contributed by atoms with E-state index in [0.717, 1.165) is 11.1 Å². The zero-order chi connectivity index (χ0) is 23.4. The molecule has 1 aromatic carbocycles. The molecule has 1 aliphatic rings. The number of fused-ring (bicyclic) bond motifs is 1. The Bertz CT molecular complexity index is 1250. The number of carbonyl (C=O) groups is 2. The van der Waals surface area contributed by atoms with E-state index in [4.69, 9.17) is 9.47 Å². The van der Waals surface area contributed by atoms with Crippen LogP contribution < -0.4 is 15.4 Å². The second kappa shape index (κ2) is 9.36. The van der Waals surface area contributed by atoms with Crippen LogP contribution in [-0.2, 0) is 21.6 Å². The highest BCUT2D eigenvalue weighted by Crippen LogP contribution is 2.32. The molecule has 9 nitrogen and oxygen atoms in total. The van der Waals surface area contributed by atoms with Gasteiger partial charge in [-0.05, 0) is 36.2 Å². The third-order valence-corrected chi connectivity index (χ3v) is 5.97. The Morgan fingerprint density at radius 3 is 2.91 bits per heavy atom. The third kappa shape index (κ3) is 4.84. The van der Waals surface area contributed by atoms with Gasteiger partial charge in [0, 0.05) is 17.0 Å². The fourth-order valence-corrected chi connectivity index (χ4v) is 4.16. The van der Waals surface area contributed by atoms with Crippen molar-refractivity contribution in [3.05, 3.63) is 58.5 Å². The Hall–Kier alpha value is -3.81. The molecule has 0 bridgehead atoms. The second-order valence-electron chi connectivity index (χ2n) is 7.64. The summed E-state index contributed by atoms with van der Waals surface area (Å²) in [6, 6.07) is 12.7. The summed E-state index contributed by atoms with van der Waals surface area (Å²) in [5.41, 5.74) is 2.45. The lowest BCUT2D eigenvalue weighted by Crippen LogP contribution is -2.34. The van der Waals surface area contributed by atoms with Crippen LogP contribution in [0.2, 0.25) is 0 Å². The smallest absolute Gasteiger partial charge is 0.251 e. The number of carbonyl (C=O) groups excluding carboxylic acids is 2. The van der Waals surface area contributed by atoms with Crippen LogP contribution in [0.4, 0.5) is 5.13 Å². The summed E-state index contributed by atoms with van der Waals surface area (Å²) < 4.78 is 10.6. The minimum absolute atomic E-state index is 0.221. The molecule has 3 heterocycles. The molecule has 0 saturated carbocycles. The maximum absolute atomic E-state index is 12.6. The summed E-state index contributed by atoms with van der Waals surface area (Å²) in [6.07, 6.45) is 0. The second-order valence-corrected chi connectivity index (χ2v) is 8.50. The van der Waals surface area contributed by atoms with Crippen LogP contribution in [0, 0.1) is 11.3 Å². The molecular formula is C23H21N5O4S. The van der Waals surface area contributed by atoms with Gasteiger partial charge in [-0.2, -0.15) is 5.26 Å². The average Bonchev–Trinajstić information content (AvgIpc) is 3.31. The SMILES string of the molecule is COc1cccc(-c2csc(NC(=O)CNC(=O)c3ccc4c(c3)[C@](C)(C#N)COC4)n2)n1. The number of nitriles is 1. The number of hydrogen-bond donors (Lipinski definition) is 2. The first-order valence-corrected chi connectivity index (χ1v) is 11.0. The van der Waals surface area contributed by atoms with E-state index in [9.17, 15) is 14.9 Å². The predicted octanol–water partition coefficient (Wildman–Crippen LogP) is 2.89. The first kappa shape index (κ1) is 22.4. The molecule has 168 valence electrons. The largest absolute Gasteiger partial charge is 0.481 e. The van der Waals surface area contributed by atoms with Gasteiger partial charge in [-0.1, -0.05) is 12.1 Å². The quantitative estimate of drug-likeness (QED) is 0.576. The monoisotopic (exact) mass is 463 g/mol. The number of anilines is 1. The van der Waals surface area contributed by atoms with Gasteiger partial charge in [0.2, 0.25) is 11.8 Å². The van der Waals surface area contributed by atoms with E-state index in [-0.39, 0.29) is 13.2 Å². The van der Waals surface area contributed by atoms with Crippen LogP contribution in [0.1, 0.15) is 28.4 Å². The van der Waals surface area contributed by atoms with Crippen molar-refractivity contribution in [3.8, 4) is 23.3 Å². The van der Waals surface area contributed by atoms with Crippen LogP contribution in [0.3, 0.4) is 0 Å². The summed E-state index contributed by atoms with van der Waals surface area (Å²) in [6.45, 7) is 2.23. The molecule has 0 unspecified atom stereocenters. The van der Waals surface area contributed by atoms with Gasteiger partial charge < -0.3 is 20.1 Å². The van der Waals surface area contributed by atoms with Crippen molar-refractivity contribution in [3.63, 3.8) is 0 Å². The van der Waals surface area contributed by atoms with Crippen molar-refractivity contribution in [2.75, 3.05) is 25.6 Å². The van der Waals surface area contributed by atoms with Gasteiger partial charge in [-0.3, -0.25) is 9.59 Å². The van der Waals surface area contributed by atoms with E-state index < -0.39 is 17.2 Å². The molecule has 1 aliphatic heterocycles. The molecule has 0 fully saturated rings. The normalized spacial score (nSPS) is 16.9. The summed E-state index contributed by atoms with van der Waals surface area (Å²) in [7, 11) is 1.54. The first-order valence-electron chi connectivity index (χ1n) is 10.1. The topological polar surface area (TPSA) is 126 Å². The lowest BCUT2D eigenvalue weighted by Gasteiger charge is -2.30. The number of aromatic nitrogens is 2. The molecule has 0 saturated heterocycles. The number of ether oxygens (including phenoxy) is 2. The van der Waals surface area contributed by atoms with Crippen molar-refractivity contribution in [1.82, 2.24) is 15.3 Å². The minimum Gasteiger partial charge on any atom is -0.481 e. The highest BCUT2D eigenvalue weighted by molar-refractivity contribution is 7.14. The van der Waals surface area contributed by atoms with Crippen molar-refractivity contribution in [1.29, 1.82) is 5.26 Å². The Labute approximate surface area is 194 Å². The van der Waals surface area contributed by atoms with Crippen molar-refractivity contribution in [2.45, 2.75) is 18.9 Å². The molecular weight excluding hydrogens is 442 g/mol. The molecule has 0 spiro atoms. The van der Waals surface area contributed by atoms with Gasteiger partial charge >= 0.3 is 0 Å². The van der Waals surface area contributed by atoms with Gasteiger partial charge in [0.1, 0.15) is 11.1 Å². The predicted molar refractivity (Wildman–Crippen MR) is 122 cm³/mol. The van der Waals surface area contributed by atoms with Crippen molar-refractivity contribution >= 4 is 28.3 Å². The van der Waals surface area contributed by atoms with Gasteiger partial charge in [0.05, 0.1) is 38.6 Å². The van der Waals surface area contributed by atoms with Gasteiger partial charge in [-0.25, -0.2) is 9.97 Å². The molecule has 2 N–H and O–H groups in total. The highest BCUT2D eigenvalue weighted by Gasteiger charge is 2.33. The highest BCUT2D eigenvalue weighted by atomic mass is 32.1. The number of nitrogens with zero attached hydrogens (tertiary/aromatic N) is 3. The van der Waals surface area contributed by atoms with E-state index in [1.807, 2.05) is 0 Å². The first-order chi connectivity index (χ1) is 15.9. The Balaban J connectivity index is 1.37. The van der Waals surface area contributed by atoms with Crippen LogP contribution >= 0.6 is 11.3 Å². The molecule has 4 rings (SSSR count). The maximum atomic E-state index is 12.6.